The second-order valence-corrected chi connectivity index (χ2v) is 2.16. The van der Waals surface area contributed by atoms with Crippen LogP contribution in [0.15, 0.2) is 24.7 Å². The molecular weight excluding hydrogens is 291 g/mol. The van der Waals surface area contributed by atoms with Crippen LogP contribution in [0.3, 0.4) is 0 Å². The van der Waals surface area contributed by atoms with Crippen LogP contribution in [0, 0.1) is 6.92 Å². The molecule has 0 fully saturated rings. The molecule has 9 heteroatoms. The second kappa shape index (κ2) is 25.4. The Bertz CT molecular complexity index is 260. The second-order valence-electron chi connectivity index (χ2n) is 2.16. The Morgan fingerprint density at radius 1 is 1.16 bits per heavy atom. The predicted octanol–water partition coefficient (Wildman–Crippen LogP) is -0.415. The number of hydrazine groups is 2. The summed E-state index contributed by atoms with van der Waals surface area (Å²) in [4.78, 5) is 20.3. The van der Waals surface area contributed by atoms with Gasteiger partial charge in [0.1, 0.15) is 0 Å². The molecule has 0 aliphatic heterocycles. The molecule has 0 unspecified atom stereocenters. The van der Waals surface area contributed by atoms with Gasteiger partial charge in [0.15, 0.2) is 0 Å². The molecule has 0 aliphatic rings. The molecule has 0 rings (SSSR count). The third-order valence-electron chi connectivity index (χ3n) is 0.982. The number of aliphatic hydroxyl groups is 2. The summed E-state index contributed by atoms with van der Waals surface area (Å²) >= 11 is 0. The minimum atomic E-state index is -0.525. The third kappa shape index (κ3) is 31.5. The van der Waals surface area contributed by atoms with E-state index in [2.05, 4.69) is 23.6 Å². The van der Waals surface area contributed by atoms with Gasteiger partial charge in [-0.3, -0.25) is 20.4 Å². The molecule has 0 bridgehead atoms. The van der Waals surface area contributed by atoms with Gasteiger partial charge in [-0.1, -0.05) is 6.92 Å². The number of rotatable bonds is 4. The first-order valence-corrected chi connectivity index (χ1v) is 4.98. The Morgan fingerprint density at radius 2 is 1.58 bits per heavy atom. The van der Waals surface area contributed by atoms with Crippen LogP contribution in [0.2, 0.25) is 0 Å². The molecule has 8 nitrogen and oxygen atoms in total. The van der Waals surface area contributed by atoms with Crippen LogP contribution in [0.25, 0.3) is 0 Å². The molecule has 0 spiro atoms. The molecule has 19 heavy (non-hydrogen) atoms. The fraction of sp³-hybridized carbons (Fsp3) is 0.300. The first-order valence-electron chi connectivity index (χ1n) is 4.98. The molecule has 111 valence electrons. The van der Waals surface area contributed by atoms with Gasteiger partial charge in [0.05, 0.1) is 12.5 Å². The van der Waals surface area contributed by atoms with Crippen molar-refractivity contribution in [3.63, 3.8) is 0 Å². The first kappa shape index (κ1) is 26.2. The van der Waals surface area contributed by atoms with E-state index < -0.39 is 5.91 Å². The van der Waals surface area contributed by atoms with E-state index in [1.165, 1.54) is 0 Å². The molecular formula is C10H21N4O4V-. The van der Waals surface area contributed by atoms with Crippen molar-refractivity contribution in [2.75, 3.05) is 6.54 Å². The fourth-order valence-electron chi connectivity index (χ4n) is 0.401. The van der Waals surface area contributed by atoms with Crippen LogP contribution in [-0.4, -0.2) is 28.6 Å². The summed E-state index contributed by atoms with van der Waals surface area (Å²) in [5, 5.41) is 15.9. The number of amides is 2. The average Bonchev–Trinajstić information content (AvgIpc) is 2.40. The van der Waals surface area contributed by atoms with Gasteiger partial charge < -0.3 is 17.1 Å². The predicted molar refractivity (Wildman–Crippen MR) is 68.7 cm³/mol. The molecule has 0 saturated heterocycles. The molecule has 7 N–H and O–H groups in total. The topological polar surface area (TPSA) is 137 Å². The van der Waals surface area contributed by atoms with Gasteiger partial charge >= 0.3 is 0 Å². The normalized spacial score (nSPS) is 8.42. The molecule has 0 aliphatic carbocycles. The van der Waals surface area contributed by atoms with Crippen molar-refractivity contribution >= 4 is 11.8 Å². The average molecular weight is 312 g/mol. The molecule has 0 aromatic carbocycles. The van der Waals surface area contributed by atoms with Crippen molar-refractivity contribution in [3.05, 3.63) is 31.6 Å². The van der Waals surface area contributed by atoms with E-state index in [1.54, 1.807) is 12.3 Å². The Balaban J connectivity index is -0.000000102. The summed E-state index contributed by atoms with van der Waals surface area (Å²) in [5.74, 6) is 3.71. The van der Waals surface area contributed by atoms with Crippen LogP contribution >= 0.6 is 0 Å². The zero-order valence-electron chi connectivity index (χ0n) is 11.0. The third-order valence-corrected chi connectivity index (χ3v) is 0.982. The van der Waals surface area contributed by atoms with Crippen LogP contribution in [-0.2, 0) is 28.1 Å². The van der Waals surface area contributed by atoms with Crippen molar-refractivity contribution in [2.45, 2.75) is 13.8 Å². The van der Waals surface area contributed by atoms with Gasteiger partial charge in [-0.25, -0.2) is 11.3 Å². The fourth-order valence-corrected chi connectivity index (χ4v) is 0.401. The number of hydrogen-bond donors (Lipinski definition) is 6. The number of nitrogens with one attached hydrogen (secondary N) is 3. The maximum absolute atomic E-state index is 10.4. The van der Waals surface area contributed by atoms with E-state index >= 15 is 0 Å². The van der Waals surface area contributed by atoms with E-state index in [0.29, 0.717) is 19.1 Å². The molecule has 0 aromatic rings. The van der Waals surface area contributed by atoms with Crippen LogP contribution < -0.4 is 22.1 Å². The zero-order valence-corrected chi connectivity index (χ0v) is 12.4. The van der Waals surface area contributed by atoms with Crippen molar-refractivity contribution in [2.24, 2.45) is 5.84 Å². The smallest absolute Gasteiger partial charge is 0.261 e. The summed E-state index contributed by atoms with van der Waals surface area (Å²) in [6.45, 7) is 7.51. The van der Waals surface area contributed by atoms with Crippen molar-refractivity contribution in [3.8, 4) is 0 Å². The maximum atomic E-state index is 10.4. The van der Waals surface area contributed by atoms with E-state index in [-0.39, 0.29) is 24.5 Å². The van der Waals surface area contributed by atoms with Crippen LogP contribution in [0.1, 0.15) is 13.8 Å². The van der Waals surface area contributed by atoms with Gasteiger partial charge in [-0.2, -0.15) is 6.92 Å². The Morgan fingerprint density at radius 3 is 1.84 bits per heavy atom. The minimum Gasteiger partial charge on any atom is -0.515 e. The summed E-state index contributed by atoms with van der Waals surface area (Å²) in [6, 6.07) is 0. The van der Waals surface area contributed by atoms with E-state index in [9.17, 15) is 9.59 Å². The monoisotopic (exact) mass is 312 g/mol. The molecule has 2 amide bonds. The number of nitrogens with two attached hydrogens (primary N) is 1. The summed E-state index contributed by atoms with van der Waals surface area (Å²) in [7, 11) is 0. The van der Waals surface area contributed by atoms with Crippen molar-refractivity contribution < 1.29 is 38.4 Å². The van der Waals surface area contributed by atoms with Gasteiger partial charge in [-0.15, -0.1) is 0 Å². The SMILES string of the molecule is CCNNC(=O)/C=C\O.NNC(=O)/C=C\O.[CH2-]C.[V]. The molecule has 0 saturated carbocycles. The van der Waals surface area contributed by atoms with Gasteiger partial charge in [-0.05, 0) is 0 Å². The van der Waals surface area contributed by atoms with Crippen molar-refractivity contribution in [1.82, 2.24) is 16.3 Å². The summed E-state index contributed by atoms with van der Waals surface area (Å²) in [5.41, 5.74) is 6.65. The molecule has 0 heterocycles. The number of aliphatic hydroxyl groups excluding tert-OH is 2. The molecule has 1 radical (unpaired) electrons. The maximum Gasteiger partial charge on any atom is 0.261 e. The molecule has 0 aromatic heterocycles. The number of hydrogen-bond acceptors (Lipinski definition) is 6. The number of carbonyl (C=O) groups is 2. The largest absolute Gasteiger partial charge is 0.515 e. The quantitative estimate of drug-likeness (QED) is 0.104. The van der Waals surface area contributed by atoms with E-state index in [4.69, 9.17) is 10.2 Å². The Labute approximate surface area is 125 Å². The summed E-state index contributed by atoms with van der Waals surface area (Å²) < 4.78 is 0. The zero-order chi connectivity index (χ0) is 14.8. The van der Waals surface area contributed by atoms with E-state index in [1.807, 2.05) is 6.92 Å². The Kier molecular flexibility index (Phi) is 35.0. The number of carbonyl (C=O) groups excluding carboxylic acids is 2. The van der Waals surface area contributed by atoms with Gasteiger partial charge in [0.25, 0.3) is 11.8 Å². The summed E-state index contributed by atoms with van der Waals surface area (Å²) in [6.07, 6.45) is 3.22. The first-order chi connectivity index (χ1) is 8.62. The van der Waals surface area contributed by atoms with Gasteiger partial charge in [0, 0.05) is 37.3 Å². The van der Waals surface area contributed by atoms with Gasteiger partial charge in [0.2, 0.25) is 0 Å². The molecule has 0 atom stereocenters. The minimum absolute atomic E-state index is 0. The van der Waals surface area contributed by atoms with Crippen LogP contribution in [0.5, 0.6) is 0 Å². The Hall–Kier alpha value is -1.48. The van der Waals surface area contributed by atoms with Crippen LogP contribution in [0.4, 0.5) is 0 Å². The van der Waals surface area contributed by atoms with E-state index in [0.717, 1.165) is 12.2 Å². The van der Waals surface area contributed by atoms with Crippen molar-refractivity contribution in [1.29, 1.82) is 0 Å². The standard InChI is InChI=1S/C5H10N2O2.C3H6N2O2.C2H5.V/c1-2-6-7-5(9)3-4-8;4-5-3(7)1-2-6;1-2;/h3-4,6,8H,2H2,1H3,(H,7,9);1-2,6H,4H2,(H,5,7);1H2,2H3;/q;;-1;/b4-3-;2-1-;;.